The van der Waals surface area contributed by atoms with Gasteiger partial charge in [-0.3, -0.25) is 9.59 Å². The number of para-hydroxylation sites is 2. The van der Waals surface area contributed by atoms with Gasteiger partial charge in [-0.25, -0.2) is 0 Å². The molecule has 1 saturated heterocycles. The minimum Gasteiger partial charge on any atom is -0.324 e. The van der Waals surface area contributed by atoms with Crippen LogP contribution in [0.1, 0.15) is 24.0 Å². The maximum absolute atomic E-state index is 12.4. The molecule has 1 aliphatic rings. The van der Waals surface area contributed by atoms with E-state index in [1.54, 1.807) is 4.90 Å². The van der Waals surface area contributed by atoms with Crippen LogP contribution < -0.4 is 10.2 Å². The molecule has 118 valence electrons. The molecule has 0 atom stereocenters. The fourth-order valence-corrected chi connectivity index (χ4v) is 2.89. The summed E-state index contributed by atoms with van der Waals surface area (Å²) in [6.07, 6.45) is 1.77. The summed E-state index contributed by atoms with van der Waals surface area (Å²) < 4.78 is 0. The lowest BCUT2D eigenvalue weighted by Crippen LogP contribution is -2.26. The number of rotatable bonds is 4. The van der Waals surface area contributed by atoms with Gasteiger partial charge in [-0.2, -0.15) is 0 Å². The molecule has 0 bridgehead atoms. The molecule has 0 spiro atoms. The van der Waals surface area contributed by atoms with Gasteiger partial charge in [-0.1, -0.05) is 36.4 Å². The molecule has 0 unspecified atom stereocenters. The molecular formula is C19H20N2O2. The van der Waals surface area contributed by atoms with E-state index < -0.39 is 0 Å². The summed E-state index contributed by atoms with van der Waals surface area (Å²) in [5.41, 5.74) is 3.60. The first kappa shape index (κ1) is 15.3. The topological polar surface area (TPSA) is 49.4 Å². The van der Waals surface area contributed by atoms with E-state index in [1.807, 2.05) is 55.5 Å². The van der Waals surface area contributed by atoms with Crippen LogP contribution in [0.15, 0.2) is 48.5 Å². The molecule has 1 aliphatic heterocycles. The van der Waals surface area contributed by atoms with Crippen molar-refractivity contribution >= 4 is 23.2 Å². The maximum Gasteiger partial charge on any atom is 0.228 e. The number of anilines is 2. The standard InChI is InChI=1S/C19H20N2O2/c1-14-7-2-3-8-15(14)13-18(22)20-16-9-4-5-10-17(16)21-12-6-11-19(21)23/h2-5,7-10H,6,11-13H2,1H3,(H,20,22). The predicted octanol–water partition coefficient (Wildman–Crippen LogP) is 3.30. The Morgan fingerprint density at radius 2 is 1.87 bits per heavy atom. The van der Waals surface area contributed by atoms with E-state index in [4.69, 9.17) is 0 Å². The van der Waals surface area contributed by atoms with Gasteiger partial charge in [0.25, 0.3) is 0 Å². The Kier molecular flexibility index (Phi) is 4.42. The van der Waals surface area contributed by atoms with Gasteiger partial charge < -0.3 is 10.2 Å². The summed E-state index contributed by atoms with van der Waals surface area (Å²) in [5, 5.41) is 2.95. The molecule has 23 heavy (non-hydrogen) atoms. The molecule has 1 N–H and O–H groups in total. The largest absolute Gasteiger partial charge is 0.324 e. The second kappa shape index (κ2) is 6.65. The lowest BCUT2D eigenvalue weighted by molar-refractivity contribution is -0.117. The average Bonchev–Trinajstić information content (AvgIpc) is 2.96. The van der Waals surface area contributed by atoms with Crippen molar-refractivity contribution in [2.45, 2.75) is 26.2 Å². The van der Waals surface area contributed by atoms with Gasteiger partial charge in [0, 0.05) is 13.0 Å². The zero-order valence-corrected chi connectivity index (χ0v) is 13.2. The predicted molar refractivity (Wildman–Crippen MR) is 91.5 cm³/mol. The first-order valence-electron chi connectivity index (χ1n) is 7.89. The molecule has 0 aliphatic carbocycles. The summed E-state index contributed by atoms with van der Waals surface area (Å²) in [6.45, 7) is 2.71. The van der Waals surface area contributed by atoms with Crippen molar-refractivity contribution in [2.75, 3.05) is 16.8 Å². The van der Waals surface area contributed by atoms with Crippen molar-refractivity contribution in [3.05, 3.63) is 59.7 Å². The number of hydrogen-bond donors (Lipinski definition) is 1. The second-order valence-corrected chi connectivity index (χ2v) is 5.82. The van der Waals surface area contributed by atoms with Crippen molar-refractivity contribution in [1.82, 2.24) is 0 Å². The highest BCUT2D eigenvalue weighted by Crippen LogP contribution is 2.29. The molecule has 0 radical (unpaired) electrons. The van der Waals surface area contributed by atoms with Crippen LogP contribution in [-0.4, -0.2) is 18.4 Å². The van der Waals surface area contributed by atoms with Crippen LogP contribution in [0, 0.1) is 6.92 Å². The number of amides is 2. The highest BCUT2D eigenvalue weighted by Gasteiger charge is 2.24. The van der Waals surface area contributed by atoms with Gasteiger partial charge in [-0.05, 0) is 36.6 Å². The minimum absolute atomic E-state index is 0.0709. The van der Waals surface area contributed by atoms with Gasteiger partial charge in [0.05, 0.1) is 17.8 Å². The average molecular weight is 308 g/mol. The zero-order valence-electron chi connectivity index (χ0n) is 13.2. The van der Waals surface area contributed by atoms with E-state index >= 15 is 0 Å². The third kappa shape index (κ3) is 3.42. The monoisotopic (exact) mass is 308 g/mol. The number of hydrogen-bond acceptors (Lipinski definition) is 2. The molecule has 4 heteroatoms. The van der Waals surface area contributed by atoms with Gasteiger partial charge in [0.2, 0.25) is 11.8 Å². The lowest BCUT2D eigenvalue weighted by atomic mass is 10.1. The fraction of sp³-hybridized carbons (Fsp3) is 0.263. The molecular weight excluding hydrogens is 288 g/mol. The van der Waals surface area contributed by atoms with Crippen molar-refractivity contribution in [3.8, 4) is 0 Å². The van der Waals surface area contributed by atoms with E-state index in [0.29, 0.717) is 25.1 Å². The first-order valence-corrected chi connectivity index (χ1v) is 7.89. The van der Waals surface area contributed by atoms with Crippen LogP contribution in [0.5, 0.6) is 0 Å². The number of benzene rings is 2. The smallest absolute Gasteiger partial charge is 0.228 e. The molecule has 1 fully saturated rings. The molecule has 3 rings (SSSR count). The Morgan fingerprint density at radius 1 is 1.13 bits per heavy atom. The van der Waals surface area contributed by atoms with E-state index in [1.165, 1.54) is 0 Å². The van der Waals surface area contributed by atoms with Gasteiger partial charge >= 0.3 is 0 Å². The Hall–Kier alpha value is -2.62. The maximum atomic E-state index is 12.4. The van der Waals surface area contributed by atoms with E-state index in [0.717, 1.165) is 23.2 Å². The highest BCUT2D eigenvalue weighted by atomic mass is 16.2. The SMILES string of the molecule is Cc1ccccc1CC(=O)Nc1ccccc1N1CCCC1=O. The van der Waals surface area contributed by atoms with Crippen LogP contribution in [0.4, 0.5) is 11.4 Å². The number of carbonyl (C=O) groups excluding carboxylic acids is 2. The third-order valence-corrected chi connectivity index (χ3v) is 4.15. The third-order valence-electron chi connectivity index (χ3n) is 4.15. The molecule has 1 heterocycles. The van der Waals surface area contributed by atoms with Crippen LogP contribution >= 0.6 is 0 Å². The molecule has 0 aromatic heterocycles. The molecule has 2 aromatic carbocycles. The van der Waals surface area contributed by atoms with E-state index in [-0.39, 0.29) is 11.8 Å². The number of nitrogens with zero attached hydrogens (tertiary/aromatic N) is 1. The fourth-order valence-electron chi connectivity index (χ4n) is 2.89. The summed E-state index contributed by atoms with van der Waals surface area (Å²) >= 11 is 0. The molecule has 0 saturated carbocycles. The number of carbonyl (C=O) groups is 2. The molecule has 4 nitrogen and oxygen atoms in total. The Balaban J connectivity index is 1.76. The highest BCUT2D eigenvalue weighted by molar-refractivity contribution is 6.02. The summed E-state index contributed by atoms with van der Waals surface area (Å²) in [5.74, 6) is 0.0454. The van der Waals surface area contributed by atoms with Crippen LogP contribution in [-0.2, 0) is 16.0 Å². The Morgan fingerprint density at radius 3 is 2.61 bits per heavy atom. The lowest BCUT2D eigenvalue weighted by Gasteiger charge is -2.20. The van der Waals surface area contributed by atoms with Crippen LogP contribution in [0.2, 0.25) is 0 Å². The van der Waals surface area contributed by atoms with Crippen molar-refractivity contribution < 1.29 is 9.59 Å². The molecule has 2 amide bonds. The Labute approximate surface area is 136 Å². The second-order valence-electron chi connectivity index (χ2n) is 5.82. The van der Waals surface area contributed by atoms with Crippen molar-refractivity contribution in [1.29, 1.82) is 0 Å². The van der Waals surface area contributed by atoms with Crippen LogP contribution in [0.25, 0.3) is 0 Å². The summed E-state index contributed by atoms with van der Waals surface area (Å²) in [6, 6.07) is 15.3. The first-order chi connectivity index (χ1) is 11.1. The normalized spacial score (nSPS) is 14.1. The Bertz CT molecular complexity index is 740. The van der Waals surface area contributed by atoms with Crippen LogP contribution in [0.3, 0.4) is 0 Å². The quantitative estimate of drug-likeness (QED) is 0.942. The van der Waals surface area contributed by atoms with E-state index in [9.17, 15) is 9.59 Å². The van der Waals surface area contributed by atoms with E-state index in [2.05, 4.69) is 5.32 Å². The zero-order chi connectivity index (χ0) is 16.2. The molecule has 2 aromatic rings. The summed E-state index contributed by atoms with van der Waals surface area (Å²) in [7, 11) is 0. The van der Waals surface area contributed by atoms with Crippen molar-refractivity contribution in [2.24, 2.45) is 0 Å². The van der Waals surface area contributed by atoms with Gasteiger partial charge in [0.1, 0.15) is 0 Å². The van der Waals surface area contributed by atoms with Gasteiger partial charge in [0.15, 0.2) is 0 Å². The minimum atomic E-state index is -0.0709. The van der Waals surface area contributed by atoms with Gasteiger partial charge in [-0.15, -0.1) is 0 Å². The van der Waals surface area contributed by atoms with Crippen molar-refractivity contribution in [3.63, 3.8) is 0 Å². The number of aryl methyl sites for hydroxylation is 1. The number of nitrogens with one attached hydrogen (secondary N) is 1. The summed E-state index contributed by atoms with van der Waals surface area (Å²) in [4.78, 5) is 26.1.